The van der Waals surface area contributed by atoms with E-state index in [-0.39, 0.29) is 18.5 Å². The van der Waals surface area contributed by atoms with E-state index in [0.29, 0.717) is 0 Å². The van der Waals surface area contributed by atoms with E-state index in [9.17, 15) is 0 Å². The first kappa shape index (κ1) is 24.9. The number of hydrogen-bond donors (Lipinski definition) is 0. The summed E-state index contributed by atoms with van der Waals surface area (Å²) in [7, 11) is -3.76. The zero-order valence-corrected chi connectivity index (χ0v) is 25.3. The fourth-order valence-corrected chi connectivity index (χ4v) is 14.3. The second kappa shape index (κ2) is 10.9. The molecule has 4 saturated carbocycles. The van der Waals surface area contributed by atoms with Crippen molar-refractivity contribution in [2.24, 2.45) is 0 Å². The molecule has 150 valence electrons. The van der Waals surface area contributed by atoms with Gasteiger partial charge in [0.15, 0.2) is 16.6 Å². The SMILES string of the molecule is C[Si](C)(O[Si](C)(C)[C]1[CH][CH][C]2CCCC[C]21)[C]1[CH][CH][C]2CCCC[C]21.[Br][Zr+2][Br]. The Morgan fingerprint density at radius 2 is 1.04 bits per heavy atom. The maximum absolute atomic E-state index is 7.12. The van der Waals surface area contributed by atoms with Gasteiger partial charge in [-0.2, -0.15) is 0 Å². The minimum atomic E-state index is -1.88. The molecule has 0 aliphatic heterocycles. The van der Waals surface area contributed by atoms with Gasteiger partial charge < -0.3 is 4.12 Å². The molecule has 1 nitrogen and oxygen atoms in total. The van der Waals surface area contributed by atoms with Gasteiger partial charge in [0.05, 0.1) is 0 Å². The second-order valence-electron chi connectivity index (χ2n) is 9.11. The van der Waals surface area contributed by atoms with Gasteiger partial charge in [0.25, 0.3) is 0 Å². The Labute approximate surface area is 200 Å². The van der Waals surface area contributed by atoms with Crippen molar-refractivity contribution >= 4 is 41.1 Å². The quantitative estimate of drug-likeness (QED) is 0.294. The summed E-state index contributed by atoms with van der Waals surface area (Å²) in [4.78, 5) is 0. The van der Waals surface area contributed by atoms with Crippen LogP contribution in [-0.2, 0) is 22.7 Å². The first-order valence-corrected chi connectivity index (χ1v) is 27.6. The maximum atomic E-state index is 7.12. The van der Waals surface area contributed by atoms with E-state index >= 15 is 0 Å². The molecular formula is C22H32Br2OSi2Zr+2. The van der Waals surface area contributed by atoms with Crippen LogP contribution in [0.5, 0.6) is 0 Å². The summed E-state index contributed by atoms with van der Waals surface area (Å²) in [6, 6.07) is 0. The van der Waals surface area contributed by atoms with Gasteiger partial charge in [0.1, 0.15) is 0 Å². The minimum absolute atomic E-state index is 0.145. The van der Waals surface area contributed by atoms with Crippen molar-refractivity contribution in [2.75, 3.05) is 0 Å². The van der Waals surface area contributed by atoms with Crippen molar-refractivity contribution in [3.8, 4) is 0 Å². The third-order valence-electron chi connectivity index (χ3n) is 6.38. The molecule has 0 spiro atoms. The molecule has 0 aromatic rings. The molecule has 10 radical (unpaired) electrons. The Bertz CT molecular complexity index is 463. The second-order valence-corrected chi connectivity index (χ2v) is 28.4. The number of halogens is 2. The van der Waals surface area contributed by atoms with Crippen LogP contribution in [0.25, 0.3) is 0 Å². The van der Waals surface area contributed by atoms with Crippen LogP contribution >= 0.6 is 24.4 Å². The van der Waals surface area contributed by atoms with E-state index in [2.05, 4.69) is 76.3 Å². The van der Waals surface area contributed by atoms with Crippen LogP contribution in [-0.4, -0.2) is 16.6 Å². The van der Waals surface area contributed by atoms with Gasteiger partial charge in [-0.15, -0.1) is 0 Å². The Morgan fingerprint density at radius 1 is 0.679 bits per heavy atom. The van der Waals surface area contributed by atoms with Gasteiger partial charge in [-0.3, -0.25) is 0 Å². The van der Waals surface area contributed by atoms with Crippen molar-refractivity contribution in [2.45, 2.75) is 77.6 Å². The van der Waals surface area contributed by atoms with Crippen LogP contribution in [0.1, 0.15) is 51.4 Å². The van der Waals surface area contributed by atoms with Crippen molar-refractivity contribution in [3.05, 3.63) is 60.4 Å². The summed E-state index contributed by atoms with van der Waals surface area (Å²) in [5.41, 5.74) is 3.17. The Hall–Kier alpha value is 2.24. The molecule has 4 aliphatic rings. The van der Waals surface area contributed by atoms with E-state index in [1.807, 2.05) is 0 Å². The monoisotopic (exact) mass is 616 g/mol. The number of rotatable bonds is 4. The summed E-state index contributed by atoms with van der Waals surface area (Å²) in [5, 5.41) is 0. The summed E-state index contributed by atoms with van der Waals surface area (Å²) in [6.07, 6.45) is 20.1. The van der Waals surface area contributed by atoms with Crippen LogP contribution in [0, 0.1) is 60.4 Å². The third kappa shape index (κ3) is 5.77. The molecule has 0 N–H and O–H groups in total. The number of hydrogen-bond acceptors (Lipinski definition) is 1. The Morgan fingerprint density at radius 3 is 1.43 bits per heavy atom. The Kier molecular flexibility index (Phi) is 9.69. The summed E-state index contributed by atoms with van der Waals surface area (Å²) in [6.45, 7) is 9.73. The summed E-state index contributed by atoms with van der Waals surface area (Å²) in [5.74, 6) is 6.51. The van der Waals surface area contributed by atoms with Crippen molar-refractivity contribution in [1.29, 1.82) is 0 Å². The molecule has 0 bridgehead atoms. The first-order chi connectivity index (χ1) is 13.3. The predicted octanol–water partition coefficient (Wildman–Crippen LogP) is 7.62. The van der Waals surface area contributed by atoms with Crippen LogP contribution in [0.3, 0.4) is 0 Å². The molecule has 4 rings (SSSR count). The van der Waals surface area contributed by atoms with E-state index in [0.717, 1.165) is 0 Å². The first-order valence-electron chi connectivity index (χ1n) is 10.5. The number of fused-ring (bicyclic) bond motifs is 2. The topological polar surface area (TPSA) is 9.23 Å². The predicted molar refractivity (Wildman–Crippen MR) is 127 cm³/mol. The zero-order valence-electron chi connectivity index (χ0n) is 17.6. The molecule has 0 saturated heterocycles. The van der Waals surface area contributed by atoms with Gasteiger partial charge >= 0.3 is 43.0 Å². The molecule has 0 aromatic heterocycles. The van der Waals surface area contributed by atoms with E-state index in [4.69, 9.17) is 4.12 Å². The van der Waals surface area contributed by atoms with Crippen LogP contribution in [0.15, 0.2) is 0 Å². The molecule has 4 fully saturated rings. The summed E-state index contributed by atoms with van der Waals surface area (Å²) < 4.78 is 7.12. The van der Waals surface area contributed by atoms with Gasteiger partial charge in [-0.1, -0.05) is 25.7 Å². The zero-order chi connectivity index (χ0) is 20.4. The fourth-order valence-electron chi connectivity index (χ4n) is 5.29. The van der Waals surface area contributed by atoms with Crippen LogP contribution in [0.4, 0.5) is 0 Å². The standard InChI is InChI=1S/C22H32OSi2.2BrH.Zr/c1-24(2,21-15-13-17-9-5-7-11-19(17)21)23-25(3,4)22-16-14-18-10-6-8-12-20(18)22;;;/h13-16H,5-12H2,1-4H3;2*1H;/q;;;+4/p-2. The molecule has 0 unspecified atom stereocenters. The van der Waals surface area contributed by atoms with E-state index in [1.54, 1.807) is 34.8 Å². The fraction of sp³-hybridized carbons (Fsp3) is 0.545. The third-order valence-corrected chi connectivity index (χ3v) is 14.0. The molecular weight excluding hydrogens is 587 g/mol. The van der Waals surface area contributed by atoms with Crippen LogP contribution < -0.4 is 0 Å². The molecule has 6 heteroatoms. The van der Waals surface area contributed by atoms with Gasteiger partial charge in [0.2, 0.25) is 0 Å². The molecule has 0 aromatic carbocycles. The molecule has 0 amide bonds. The van der Waals surface area contributed by atoms with Crippen molar-refractivity contribution in [3.63, 3.8) is 0 Å². The molecule has 28 heavy (non-hydrogen) atoms. The van der Waals surface area contributed by atoms with Gasteiger partial charge in [-0.25, -0.2) is 0 Å². The molecule has 4 aliphatic carbocycles. The molecule has 0 atom stereocenters. The van der Waals surface area contributed by atoms with Crippen molar-refractivity contribution < 1.29 is 22.7 Å². The summed E-state index contributed by atoms with van der Waals surface area (Å²) >= 11 is 6.32. The van der Waals surface area contributed by atoms with Gasteiger partial charge in [0, 0.05) is 11.1 Å². The van der Waals surface area contributed by atoms with E-state index in [1.165, 1.54) is 51.4 Å². The average molecular weight is 620 g/mol. The van der Waals surface area contributed by atoms with Crippen LogP contribution in [0.2, 0.25) is 26.2 Å². The van der Waals surface area contributed by atoms with E-state index < -0.39 is 16.6 Å². The Balaban J connectivity index is 0.000000706. The molecule has 0 heterocycles. The van der Waals surface area contributed by atoms with Crippen molar-refractivity contribution in [1.82, 2.24) is 0 Å². The van der Waals surface area contributed by atoms with Gasteiger partial charge in [-0.05, 0) is 101 Å². The normalized spacial score (nSPS) is 26.5. The average Bonchev–Trinajstić information content (AvgIpc) is 3.26.